The molecule has 2 atom stereocenters. The molecule has 2 unspecified atom stereocenters. The molecule has 5 rings (SSSR count). The lowest BCUT2D eigenvalue weighted by Gasteiger charge is -2.49. The zero-order valence-corrected chi connectivity index (χ0v) is 20.4. The van der Waals surface area contributed by atoms with Gasteiger partial charge >= 0.3 is 0 Å². The number of halogens is 1. The standard InChI is InChI=1S/C27H35FN4O3/c1-34-23-7-4-21-16-24(27(33)29-8-9-30-12-14-35-15-13-30)26-19-31(10-11-32(26)25(21)17-23)18-20-2-5-22(28)6-3-20/h2-7,17,24,26H,8-16,18-19H2,1H3,(H,29,33). The van der Waals surface area contributed by atoms with Crippen LogP contribution in [0.3, 0.4) is 0 Å². The minimum absolute atomic E-state index is 0.0761. The second-order valence-electron chi connectivity index (χ2n) is 9.67. The number of nitrogens with zero attached hydrogens (tertiary/aromatic N) is 3. The van der Waals surface area contributed by atoms with Crippen molar-refractivity contribution in [2.24, 2.45) is 5.92 Å². The molecule has 1 N–H and O–H groups in total. The van der Waals surface area contributed by atoms with Crippen LogP contribution in [0.15, 0.2) is 42.5 Å². The Labute approximate surface area is 206 Å². The number of rotatable bonds is 7. The summed E-state index contributed by atoms with van der Waals surface area (Å²) < 4.78 is 24.3. The third-order valence-corrected chi connectivity index (χ3v) is 7.50. The molecule has 8 heteroatoms. The van der Waals surface area contributed by atoms with Crippen molar-refractivity contribution in [2.45, 2.75) is 19.0 Å². The van der Waals surface area contributed by atoms with Crippen LogP contribution in [0.1, 0.15) is 11.1 Å². The Morgan fingerprint density at radius 3 is 2.66 bits per heavy atom. The molecule has 188 valence electrons. The highest BCUT2D eigenvalue weighted by atomic mass is 19.1. The van der Waals surface area contributed by atoms with E-state index in [1.54, 1.807) is 7.11 Å². The number of nitrogens with one attached hydrogen (secondary N) is 1. The van der Waals surface area contributed by atoms with E-state index in [1.165, 1.54) is 23.4 Å². The molecule has 0 aliphatic carbocycles. The van der Waals surface area contributed by atoms with Crippen LogP contribution in [0.25, 0.3) is 0 Å². The lowest BCUT2D eigenvalue weighted by Crippen LogP contribution is -2.61. The summed E-state index contributed by atoms with van der Waals surface area (Å²) in [6.07, 6.45) is 0.717. The first-order valence-electron chi connectivity index (χ1n) is 12.6. The van der Waals surface area contributed by atoms with Crippen LogP contribution < -0.4 is 15.0 Å². The van der Waals surface area contributed by atoms with Crippen molar-refractivity contribution in [3.8, 4) is 5.75 Å². The van der Waals surface area contributed by atoms with Gasteiger partial charge in [-0.1, -0.05) is 18.2 Å². The molecule has 1 amide bonds. The summed E-state index contributed by atoms with van der Waals surface area (Å²) in [5, 5.41) is 3.22. The van der Waals surface area contributed by atoms with E-state index in [-0.39, 0.29) is 23.7 Å². The molecule has 2 aromatic rings. The Kier molecular flexibility index (Phi) is 7.51. The molecule has 2 aromatic carbocycles. The minimum atomic E-state index is -0.217. The topological polar surface area (TPSA) is 57.3 Å². The van der Waals surface area contributed by atoms with Crippen LogP contribution in [0.5, 0.6) is 5.75 Å². The first-order chi connectivity index (χ1) is 17.1. The molecule has 7 nitrogen and oxygen atoms in total. The average Bonchev–Trinajstić information content (AvgIpc) is 2.89. The van der Waals surface area contributed by atoms with Crippen LogP contribution >= 0.6 is 0 Å². The number of amides is 1. The number of hydrogen-bond donors (Lipinski definition) is 1. The van der Waals surface area contributed by atoms with Crippen LogP contribution in [-0.2, 0) is 22.5 Å². The molecule has 0 radical (unpaired) electrons. The first kappa shape index (κ1) is 24.0. The number of carbonyl (C=O) groups excluding carboxylic acids is 1. The van der Waals surface area contributed by atoms with Gasteiger partial charge in [0, 0.05) is 64.1 Å². The number of carbonyl (C=O) groups is 1. The number of morpholine rings is 1. The molecule has 0 saturated carbocycles. The van der Waals surface area contributed by atoms with Crippen LogP contribution in [0.2, 0.25) is 0 Å². The van der Waals surface area contributed by atoms with E-state index in [4.69, 9.17) is 9.47 Å². The minimum Gasteiger partial charge on any atom is -0.497 e. The molecule has 2 saturated heterocycles. The molecule has 0 spiro atoms. The number of piperazine rings is 1. The van der Waals surface area contributed by atoms with Gasteiger partial charge in [-0.05, 0) is 35.7 Å². The number of hydrogen-bond acceptors (Lipinski definition) is 6. The maximum absolute atomic E-state index is 13.5. The van der Waals surface area contributed by atoms with Gasteiger partial charge in [0.15, 0.2) is 0 Å². The fourth-order valence-electron chi connectivity index (χ4n) is 5.55. The summed E-state index contributed by atoms with van der Waals surface area (Å²) in [7, 11) is 1.69. The summed E-state index contributed by atoms with van der Waals surface area (Å²) in [6.45, 7) is 8.12. The van der Waals surface area contributed by atoms with E-state index < -0.39 is 0 Å². The zero-order chi connectivity index (χ0) is 24.2. The smallest absolute Gasteiger partial charge is 0.225 e. The quantitative estimate of drug-likeness (QED) is 0.653. The highest BCUT2D eigenvalue weighted by molar-refractivity contribution is 5.82. The van der Waals surface area contributed by atoms with Crippen molar-refractivity contribution >= 4 is 11.6 Å². The largest absolute Gasteiger partial charge is 0.497 e. The van der Waals surface area contributed by atoms with Gasteiger partial charge < -0.3 is 19.7 Å². The molecular formula is C27H35FN4O3. The fraction of sp³-hybridized carbons (Fsp3) is 0.519. The van der Waals surface area contributed by atoms with Crippen LogP contribution in [-0.4, -0.2) is 87.9 Å². The predicted molar refractivity (Wildman–Crippen MR) is 133 cm³/mol. The Hall–Kier alpha value is -2.68. The van der Waals surface area contributed by atoms with Crippen molar-refractivity contribution in [1.82, 2.24) is 15.1 Å². The highest BCUT2D eigenvalue weighted by Gasteiger charge is 2.41. The van der Waals surface area contributed by atoms with Crippen molar-refractivity contribution in [2.75, 3.05) is 71.0 Å². The van der Waals surface area contributed by atoms with Gasteiger partial charge in [-0.15, -0.1) is 0 Å². The van der Waals surface area contributed by atoms with Crippen LogP contribution in [0.4, 0.5) is 10.1 Å². The van der Waals surface area contributed by atoms with E-state index in [0.717, 1.165) is 70.3 Å². The second kappa shape index (κ2) is 10.9. The number of benzene rings is 2. The second-order valence-corrected chi connectivity index (χ2v) is 9.67. The molecule has 3 heterocycles. The third-order valence-electron chi connectivity index (χ3n) is 7.50. The zero-order valence-electron chi connectivity index (χ0n) is 20.4. The molecule has 3 aliphatic heterocycles. The van der Waals surface area contributed by atoms with Crippen LogP contribution in [0, 0.1) is 11.7 Å². The molecule has 2 fully saturated rings. The molecule has 3 aliphatic rings. The fourth-order valence-corrected chi connectivity index (χ4v) is 5.55. The Morgan fingerprint density at radius 2 is 1.89 bits per heavy atom. The van der Waals surface area contributed by atoms with Gasteiger partial charge in [-0.2, -0.15) is 0 Å². The van der Waals surface area contributed by atoms with Gasteiger partial charge in [0.1, 0.15) is 11.6 Å². The van der Waals surface area contributed by atoms with E-state index in [9.17, 15) is 9.18 Å². The van der Waals surface area contributed by atoms with Crippen molar-refractivity contribution < 1.29 is 18.7 Å². The average molecular weight is 483 g/mol. The van der Waals surface area contributed by atoms with Gasteiger partial charge in [0.25, 0.3) is 0 Å². The Bertz CT molecular complexity index is 1010. The lowest BCUT2D eigenvalue weighted by molar-refractivity contribution is -0.126. The van der Waals surface area contributed by atoms with E-state index in [1.807, 2.05) is 18.2 Å². The van der Waals surface area contributed by atoms with Gasteiger partial charge in [-0.25, -0.2) is 4.39 Å². The maximum Gasteiger partial charge on any atom is 0.225 e. The monoisotopic (exact) mass is 482 g/mol. The van der Waals surface area contributed by atoms with E-state index in [2.05, 4.69) is 32.1 Å². The van der Waals surface area contributed by atoms with Gasteiger partial charge in [-0.3, -0.25) is 14.6 Å². The summed E-state index contributed by atoms with van der Waals surface area (Å²) in [4.78, 5) is 20.6. The van der Waals surface area contributed by atoms with Crippen molar-refractivity contribution in [3.63, 3.8) is 0 Å². The number of methoxy groups -OCH3 is 1. The predicted octanol–water partition coefficient (Wildman–Crippen LogP) is 2.15. The molecular weight excluding hydrogens is 447 g/mol. The van der Waals surface area contributed by atoms with E-state index in [0.29, 0.717) is 13.0 Å². The first-order valence-corrected chi connectivity index (χ1v) is 12.6. The Morgan fingerprint density at radius 1 is 1.09 bits per heavy atom. The van der Waals surface area contributed by atoms with Gasteiger partial charge in [0.2, 0.25) is 5.91 Å². The summed E-state index contributed by atoms with van der Waals surface area (Å²) in [6, 6.07) is 13.0. The summed E-state index contributed by atoms with van der Waals surface area (Å²) in [5.74, 6) is 0.616. The summed E-state index contributed by atoms with van der Waals surface area (Å²) >= 11 is 0. The third kappa shape index (κ3) is 5.60. The number of fused-ring (bicyclic) bond motifs is 3. The maximum atomic E-state index is 13.5. The number of ether oxygens (including phenoxy) is 2. The molecule has 0 bridgehead atoms. The lowest BCUT2D eigenvalue weighted by atomic mass is 9.83. The normalized spacial score (nSPS) is 22.9. The summed E-state index contributed by atoms with van der Waals surface area (Å²) in [5.41, 5.74) is 3.46. The van der Waals surface area contributed by atoms with E-state index >= 15 is 0 Å². The van der Waals surface area contributed by atoms with Crippen molar-refractivity contribution in [3.05, 3.63) is 59.4 Å². The number of anilines is 1. The van der Waals surface area contributed by atoms with Gasteiger partial charge in [0.05, 0.1) is 32.3 Å². The highest BCUT2D eigenvalue weighted by Crippen LogP contribution is 2.38. The van der Waals surface area contributed by atoms with Crippen molar-refractivity contribution in [1.29, 1.82) is 0 Å². The molecule has 0 aromatic heterocycles. The molecule has 35 heavy (non-hydrogen) atoms. The Balaban J connectivity index is 1.30. The SMILES string of the molecule is COc1ccc2c(c1)N1CCN(Cc3ccc(F)cc3)CC1C(C(=O)NCCN1CCOCC1)C2.